The summed E-state index contributed by atoms with van der Waals surface area (Å²) in [6.07, 6.45) is 0.770. The van der Waals surface area contributed by atoms with Crippen molar-refractivity contribution in [1.82, 2.24) is 5.32 Å². The van der Waals surface area contributed by atoms with Gasteiger partial charge in [-0.3, -0.25) is 10.1 Å². The quantitative estimate of drug-likeness (QED) is 0.872. The van der Waals surface area contributed by atoms with Crippen molar-refractivity contribution in [1.29, 1.82) is 0 Å². The molecular weight excluding hydrogens is 282 g/mol. The Morgan fingerprint density at radius 1 is 1.53 bits per heavy atom. The molecule has 0 spiro atoms. The van der Waals surface area contributed by atoms with Crippen molar-refractivity contribution < 1.29 is 9.53 Å². The molecule has 1 aromatic carbocycles. The first-order valence-corrected chi connectivity index (χ1v) is 6.57. The first kappa shape index (κ1) is 12.6. The first-order valence-electron chi connectivity index (χ1n) is 5.78. The second-order valence-corrected chi connectivity index (χ2v) is 5.39. The Balaban J connectivity index is 2.02. The van der Waals surface area contributed by atoms with Crippen molar-refractivity contribution in [2.24, 2.45) is 0 Å². The average Bonchev–Trinajstić information content (AvgIpc) is 2.57. The second-order valence-electron chi connectivity index (χ2n) is 4.48. The SMILES string of the molecule is C[C@@H]1C[C@H](N[C@@H](C)c2cccc(Br)c2)C(=O)O1. The predicted molar refractivity (Wildman–Crippen MR) is 69.7 cm³/mol. The van der Waals surface area contributed by atoms with Crippen LogP contribution in [0.15, 0.2) is 28.7 Å². The van der Waals surface area contributed by atoms with Crippen molar-refractivity contribution in [3.05, 3.63) is 34.3 Å². The van der Waals surface area contributed by atoms with Crippen LogP contribution in [0.3, 0.4) is 0 Å². The molecule has 1 aliphatic heterocycles. The Labute approximate surface area is 110 Å². The molecule has 1 heterocycles. The molecule has 0 saturated carbocycles. The molecule has 4 heteroatoms. The van der Waals surface area contributed by atoms with Crippen LogP contribution in [-0.4, -0.2) is 18.1 Å². The Hall–Kier alpha value is -0.870. The van der Waals surface area contributed by atoms with Crippen LogP contribution in [0.25, 0.3) is 0 Å². The summed E-state index contributed by atoms with van der Waals surface area (Å²) in [5.41, 5.74) is 1.16. The van der Waals surface area contributed by atoms with Gasteiger partial charge in [0.2, 0.25) is 0 Å². The van der Waals surface area contributed by atoms with Crippen LogP contribution in [0.2, 0.25) is 0 Å². The van der Waals surface area contributed by atoms with Crippen molar-refractivity contribution in [3.8, 4) is 0 Å². The molecule has 1 aromatic rings. The van der Waals surface area contributed by atoms with E-state index in [0.717, 1.165) is 16.5 Å². The maximum absolute atomic E-state index is 11.5. The summed E-state index contributed by atoms with van der Waals surface area (Å²) in [7, 11) is 0. The summed E-state index contributed by atoms with van der Waals surface area (Å²) in [6, 6.07) is 8.04. The van der Waals surface area contributed by atoms with E-state index in [-0.39, 0.29) is 24.2 Å². The molecule has 92 valence electrons. The smallest absolute Gasteiger partial charge is 0.323 e. The van der Waals surface area contributed by atoms with Crippen LogP contribution in [0, 0.1) is 0 Å². The Kier molecular flexibility index (Phi) is 3.84. The summed E-state index contributed by atoms with van der Waals surface area (Å²) >= 11 is 3.45. The fourth-order valence-corrected chi connectivity index (χ4v) is 2.48. The largest absolute Gasteiger partial charge is 0.461 e. The number of hydrogen-bond donors (Lipinski definition) is 1. The predicted octanol–water partition coefficient (Wildman–Crippen LogP) is 2.80. The summed E-state index contributed by atoms with van der Waals surface area (Å²) in [4.78, 5) is 11.5. The fourth-order valence-electron chi connectivity index (χ4n) is 2.07. The van der Waals surface area contributed by atoms with Crippen LogP contribution < -0.4 is 5.32 Å². The van der Waals surface area contributed by atoms with E-state index < -0.39 is 0 Å². The lowest BCUT2D eigenvalue weighted by Gasteiger charge is -2.17. The minimum absolute atomic E-state index is 0.0229. The van der Waals surface area contributed by atoms with Gasteiger partial charge in [-0.2, -0.15) is 0 Å². The molecule has 1 fully saturated rings. The normalized spacial score (nSPS) is 25.7. The minimum atomic E-state index is -0.181. The number of carbonyl (C=O) groups excluding carboxylic acids is 1. The Bertz CT molecular complexity index is 422. The standard InChI is InChI=1S/C13H16BrNO2/c1-8-6-12(13(16)17-8)15-9(2)10-4-3-5-11(14)7-10/h3-5,7-9,12,15H,6H2,1-2H3/t8-,9+,12+/m1/s1. The molecule has 0 bridgehead atoms. The van der Waals surface area contributed by atoms with Gasteiger partial charge in [0.1, 0.15) is 12.1 Å². The molecule has 0 radical (unpaired) electrons. The molecule has 3 atom stereocenters. The summed E-state index contributed by atoms with van der Waals surface area (Å²) in [6.45, 7) is 3.97. The molecule has 17 heavy (non-hydrogen) atoms. The molecule has 0 aliphatic carbocycles. The van der Waals surface area contributed by atoms with Gasteiger partial charge in [-0.05, 0) is 31.5 Å². The van der Waals surface area contributed by atoms with Gasteiger partial charge in [0.25, 0.3) is 0 Å². The third kappa shape index (κ3) is 3.07. The van der Waals surface area contributed by atoms with E-state index in [1.165, 1.54) is 0 Å². The van der Waals surface area contributed by atoms with E-state index in [4.69, 9.17) is 4.74 Å². The van der Waals surface area contributed by atoms with E-state index in [2.05, 4.69) is 34.2 Å². The van der Waals surface area contributed by atoms with E-state index >= 15 is 0 Å². The molecule has 1 saturated heterocycles. The van der Waals surface area contributed by atoms with Gasteiger partial charge >= 0.3 is 5.97 Å². The van der Waals surface area contributed by atoms with Gasteiger partial charge in [-0.15, -0.1) is 0 Å². The highest BCUT2D eigenvalue weighted by Crippen LogP contribution is 2.21. The first-order chi connectivity index (χ1) is 8.06. The molecule has 1 N–H and O–H groups in total. The monoisotopic (exact) mass is 297 g/mol. The lowest BCUT2D eigenvalue weighted by atomic mass is 10.1. The van der Waals surface area contributed by atoms with Crippen molar-refractivity contribution in [2.45, 2.75) is 38.5 Å². The van der Waals surface area contributed by atoms with Gasteiger partial charge in [-0.1, -0.05) is 28.1 Å². The molecule has 0 unspecified atom stereocenters. The summed E-state index contributed by atoms with van der Waals surface area (Å²) < 4.78 is 6.17. The van der Waals surface area contributed by atoms with Crippen molar-refractivity contribution in [3.63, 3.8) is 0 Å². The number of nitrogens with one attached hydrogen (secondary N) is 1. The molecule has 3 nitrogen and oxygen atoms in total. The number of halogens is 1. The number of cyclic esters (lactones) is 1. The number of hydrogen-bond acceptors (Lipinski definition) is 3. The third-order valence-electron chi connectivity index (χ3n) is 2.97. The third-order valence-corrected chi connectivity index (χ3v) is 3.46. The topological polar surface area (TPSA) is 38.3 Å². The molecule has 2 rings (SSSR count). The average molecular weight is 298 g/mol. The van der Waals surface area contributed by atoms with Crippen molar-refractivity contribution in [2.75, 3.05) is 0 Å². The number of carbonyl (C=O) groups is 1. The van der Waals surface area contributed by atoms with E-state index in [1.54, 1.807) is 0 Å². The van der Waals surface area contributed by atoms with Crippen LogP contribution in [0.5, 0.6) is 0 Å². The zero-order valence-electron chi connectivity index (χ0n) is 9.94. The van der Waals surface area contributed by atoms with Crippen molar-refractivity contribution >= 4 is 21.9 Å². The van der Waals surface area contributed by atoms with E-state index in [1.807, 2.05) is 25.1 Å². The highest BCUT2D eigenvalue weighted by atomic mass is 79.9. The van der Waals surface area contributed by atoms with E-state index in [0.29, 0.717) is 0 Å². The van der Waals surface area contributed by atoms with E-state index in [9.17, 15) is 4.79 Å². The van der Waals surface area contributed by atoms with Crippen LogP contribution in [0.4, 0.5) is 0 Å². The Morgan fingerprint density at radius 3 is 2.88 bits per heavy atom. The summed E-state index contributed by atoms with van der Waals surface area (Å²) in [5, 5.41) is 3.31. The summed E-state index contributed by atoms with van der Waals surface area (Å²) in [5.74, 6) is -0.139. The zero-order chi connectivity index (χ0) is 12.4. The molecule has 0 amide bonds. The molecule has 1 aliphatic rings. The van der Waals surface area contributed by atoms with Gasteiger partial charge in [0.05, 0.1) is 0 Å². The number of benzene rings is 1. The van der Waals surface area contributed by atoms with Gasteiger partial charge in [0, 0.05) is 16.9 Å². The van der Waals surface area contributed by atoms with Gasteiger partial charge in [-0.25, -0.2) is 0 Å². The molecule has 0 aromatic heterocycles. The highest BCUT2D eigenvalue weighted by Gasteiger charge is 2.32. The number of rotatable bonds is 3. The van der Waals surface area contributed by atoms with Crippen LogP contribution >= 0.6 is 15.9 Å². The maximum Gasteiger partial charge on any atom is 0.323 e. The van der Waals surface area contributed by atoms with Crippen LogP contribution in [0.1, 0.15) is 31.9 Å². The lowest BCUT2D eigenvalue weighted by Crippen LogP contribution is -2.35. The van der Waals surface area contributed by atoms with Gasteiger partial charge in [0.15, 0.2) is 0 Å². The van der Waals surface area contributed by atoms with Crippen LogP contribution in [-0.2, 0) is 9.53 Å². The lowest BCUT2D eigenvalue weighted by molar-refractivity contribution is -0.142. The minimum Gasteiger partial charge on any atom is -0.461 e. The Morgan fingerprint density at radius 2 is 2.29 bits per heavy atom. The van der Waals surface area contributed by atoms with Gasteiger partial charge < -0.3 is 4.74 Å². The zero-order valence-corrected chi connectivity index (χ0v) is 11.5. The number of ether oxygens (including phenoxy) is 1. The molecular formula is C13H16BrNO2. The number of esters is 1. The highest BCUT2D eigenvalue weighted by molar-refractivity contribution is 9.10. The maximum atomic E-state index is 11.5. The fraction of sp³-hybridized carbons (Fsp3) is 0.462. The second kappa shape index (κ2) is 5.19.